The summed E-state index contributed by atoms with van der Waals surface area (Å²) in [5, 5.41) is 16.8. The molecule has 38 heavy (non-hydrogen) atoms. The van der Waals surface area contributed by atoms with E-state index >= 15 is 0 Å². The van der Waals surface area contributed by atoms with Crippen molar-refractivity contribution in [2.45, 2.75) is 44.4 Å². The second-order valence-corrected chi connectivity index (χ2v) is 10.6. The number of pyridine rings is 1. The van der Waals surface area contributed by atoms with Crippen LogP contribution in [0.3, 0.4) is 0 Å². The average molecular weight is 540 g/mol. The Morgan fingerprint density at radius 1 is 1.21 bits per heavy atom. The van der Waals surface area contributed by atoms with E-state index in [0.717, 1.165) is 60.1 Å². The van der Waals surface area contributed by atoms with Crippen LogP contribution in [0.1, 0.15) is 37.1 Å². The van der Waals surface area contributed by atoms with Crippen molar-refractivity contribution < 1.29 is 22.7 Å². The van der Waals surface area contributed by atoms with Crippen LogP contribution in [0.15, 0.2) is 35.0 Å². The van der Waals surface area contributed by atoms with Gasteiger partial charge in [0, 0.05) is 42.3 Å². The Morgan fingerprint density at radius 3 is 2.89 bits per heavy atom. The normalized spacial score (nSPS) is 18.4. The molecule has 0 radical (unpaired) electrons. The van der Waals surface area contributed by atoms with Crippen LogP contribution in [-0.4, -0.2) is 71.4 Å². The molecule has 1 saturated carbocycles. The lowest BCUT2D eigenvalue weighted by atomic mass is 10.00. The van der Waals surface area contributed by atoms with E-state index in [-0.39, 0.29) is 12.1 Å². The summed E-state index contributed by atoms with van der Waals surface area (Å²) in [7, 11) is 1.51. The van der Waals surface area contributed by atoms with E-state index in [1.165, 1.54) is 20.0 Å². The van der Waals surface area contributed by atoms with E-state index in [1.54, 1.807) is 12.4 Å². The fourth-order valence-electron chi connectivity index (χ4n) is 5.50. The Kier molecular flexibility index (Phi) is 6.93. The first kappa shape index (κ1) is 25.1. The quantitative estimate of drug-likeness (QED) is 0.285. The number of benzene rings is 1. The molecule has 4 aromatic rings. The average Bonchev–Trinajstić information content (AvgIpc) is 3.68. The first-order chi connectivity index (χ1) is 18.5. The molecule has 12 nitrogen and oxygen atoms in total. The minimum Gasteiger partial charge on any atom is -0.481 e. The fraction of sp³-hybridized carbons (Fsp3) is 0.440. The second-order valence-electron chi connectivity index (χ2n) is 9.77. The fourth-order valence-corrected chi connectivity index (χ4v) is 5.78. The van der Waals surface area contributed by atoms with Gasteiger partial charge >= 0.3 is 0 Å². The number of hydrogen-bond donors (Lipinski definition) is 3. The van der Waals surface area contributed by atoms with E-state index in [4.69, 9.17) is 18.4 Å². The zero-order valence-corrected chi connectivity index (χ0v) is 21.8. The van der Waals surface area contributed by atoms with Crippen LogP contribution in [0.4, 0.5) is 0 Å². The molecular formula is C25H29N7O5S. The number of fused-ring (bicyclic) bond motifs is 1. The van der Waals surface area contributed by atoms with Crippen molar-refractivity contribution in [1.29, 1.82) is 0 Å². The Labute approximate surface area is 221 Å². The standard InChI is InChI=1S/C25H29N7O5S/c1-35-23-18(12-28-38(33)34)8-17(11-26-23)16-9-19(20-13-27-29-21(20)10-16)24-31-30-22(37-24)14-32-6-7-36-25(15-32)4-2-3-5-25/h8-11,13,28H,2-7,12,14-15H2,1H3,(H,27,29)(H,33,34). The number of ether oxygens (including phenoxy) is 2. The van der Waals surface area contributed by atoms with Crippen LogP contribution in [0.25, 0.3) is 33.5 Å². The number of nitrogens with one attached hydrogen (secondary N) is 2. The van der Waals surface area contributed by atoms with Gasteiger partial charge in [-0.2, -0.15) is 5.10 Å². The molecule has 13 heteroatoms. The molecule has 1 saturated heterocycles. The van der Waals surface area contributed by atoms with Crippen molar-refractivity contribution in [2.24, 2.45) is 0 Å². The summed E-state index contributed by atoms with van der Waals surface area (Å²) in [6.45, 7) is 3.14. The van der Waals surface area contributed by atoms with E-state index in [2.05, 4.69) is 35.0 Å². The Balaban J connectivity index is 1.29. The minimum absolute atomic E-state index is 0.0224. The predicted octanol–water partition coefficient (Wildman–Crippen LogP) is 3.05. The highest BCUT2D eigenvalue weighted by Gasteiger charge is 2.39. The molecule has 6 rings (SSSR count). The molecule has 1 unspecified atom stereocenters. The molecule has 1 aliphatic carbocycles. The number of aromatic nitrogens is 5. The number of H-pyrrole nitrogens is 1. The molecule has 3 aromatic heterocycles. The highest BCUT2D eigenvalue weighted by molar-refractivity contribution is 7.77. The van der Waals surface area contributed by atoms with Crippen LogP contribution >= 0.6 is 0 Å². The van der Waals surface area contributed by atoms with E-state index in [1.807, 2.05) is 18.2 Å². The van der Waals surface area contributed by atoms with Gasteiger partial charge in [-0.15, -0.1) is 10.2 Å². The highest BCUT2D eigenvalue weighted by Crippen LogP contribution is 2.37. The number of hydrogen-bond acceptors (Lipinski definition) is 9. The van der Waals surface area contributed by atoms with Gasteiger partial charge in [0.2, 0.25) is 28.9 Å². The van der Waals surface area contributed by atoms with Crippen molar-refractivity contribution in [3.63, 3.8) is 0 Å². The summed E-state index contributed by atoms with van der Waals surface area (Å²) in [6.07, 6.45) is 8.09. The molecule has 3 N–H and O–H groups in total. The van der Waals surface area contributed by atoms with Gasteiger partial charge < -0.3 is 13.9 Å². The van der Waals surface area contributed by atoms with Crippen molar-refractivity contribution in [1.82, 2.24) is 35.0 Å². The molecule has 0 bridgehead atoms. The van der Waals surface area contributed by atoms with Gasteiger partial charge in [-0.05, 0) is 36.6 Å². The number of methoxy groups -OCH3 is 1. The largest absolute Gasteiger partial charge is 0.481 e. The highest BCUT2D eigenvalue weighted by atomic mass is 32.2. The second kappa shape index (κ2) is 10.5. The topological polar surface area (TPSA) is 152 Å². The van der Waals surface area contributed by atoms with Gasteiger partial charge in [0.05, 0.1) is 43.1 Å². The smallest absolute Gasteiger partial charge is 0.248 e. The van der Waals surface area contributed by atoms with Crippen molar-refractivity contribution in [3.8, 4) is 28.5 Å². The summed E-state index contributed by atoms with van der Waals surface area (Å²) < 4.78 is 40.4. The zero-order chi connectivity index (χ0) is 26.1. The third-order valence-electron chi connectivity index (χ3n) is 7.30. The van der Waals surface area contributed by atoms with Crippen LogP contribution in [0, 0.1) is 0 Å². The summed E-state index contributed by atoms with van der Waals surface area (Å²) in [5.74, 6) is 1.35. The van der Waals surface area contributed by atoms with Crippen LogP contribution < -0.4 is 9.46 Å². The zero-order valence-electron chi connectivity index (χ0n) is 21.0. The maximum absolute atomic E-state index is 11.1. The van der Waals surface area contributed by atoms with Crippen LogP contribution in [-0.2, 0) is 29.1 Å². The third-order valence-corrected chi connectivity index (χ3v) is 7.69. The SMILES string of the molecule is COc1ncc(-c2cc(-c3nnc(CN4CCOC5(CCCC5)C4)o3)c3cn[nH]c3c2)cc1CNS(=O)O. The number of morpholine rings is 1. The van der Waals surface area contributed by atoms with E-state index in [0.29, 0.717) is 29.8 Å². The monoisotopic (exact) mass is 539 g/mol. The number of aromatic amines is 1. The van der Waals surface area contributed by atoms with Crippen molar-refractivity contribution >= 4 is 22.2 Å². The molecule has 1 aromatic carbocycles. The number of rotatable bonds is 8. The third kappa shape index (κ3) is 5.07. The predicted molar refractivity (Wildman–Crippen MR) is 139 cm³/mol. The molecule has 2 fully saturated rings. The minimum atomic E-state index is -2.16. The van der Waals surface area contributed by atoms with E-state index < -0.39 is 11.3 Å². The van der Waals surface area contributed by atoms with Crippen LogP contribution in [0.5, 0.6) is 5.88 Å². The molecule has 0 amide bonds. The summed E-state index contributed by atoms with van der Waals surface area (Å²) in [6, 6.07) is 5.79. The van der Waals surface area contributed by atoms with Gasteiger partial charge in [-0.25, -0.2) is 13.9 Å². The summed E-state index contributed by atoms with van der Waals surface area (Å²) in [4.78, 5) is 6.73. The lowest BCUT2D eigenvalue weighted by Crippen LogP contribution is -2.49. The maximum atomic E-state index is 11.1. The van der Waals surface area contributed by atoms with Crippen molar-refractivity contribution in [2.75, 3.05) is 26.8 Å². The van der Waals surface area contributed by atoms with Gasteiger partial charge in [-0.1, -0.05) is 12.8 Å². The molecule has 1 spiro atoms. The number of nitrogens with zero attached hydrogens (tertiary/aromatic N) is 5. The molecule has 1 aliphatic heterocycles. The molecule has 1 atom stereocenters. The Bertz CT molecular complexity index is 1470. The molecule has 200 valence electrons. The molecule has 2 aliphatic rings. The summed E-state index contributed by atoms with van der Waals surface area (Å²) in [5.41, 5.74) is 3.81. The van der Waals surface area contributed by atoms with Crippen molar-refractivity contribution in [3.05, 3.63) is 42.0 Å². The first-order valence-corrected chi connectivity index (χ1v) is 13.7. The Hall–Kier alpha value is -3.23. The lowest BCUT2D eigenvalue weighted by molar-refractivity contribution is -0.108. The maximum Gasteiger partial charge on any atom is 0.248 e. The Morgan fingerprint density at radius 2 is 2.08 bits per heavy atom. The molecular weight excluding hydrogens is 510 g/mol. The summed E-state index contributed by atoms with van der Waals surface area (Å²) >= 11 is -2.16. The van der Waals surface area contributed by atoms with E-state index in [9.17, 15) is 4.21 Å². The van der Waals surface area contributed by atoms with Gasteiger partial charge in [0.1, 0.15) is 0 Å². The van der Waals surface area contributed by atoms with Gasteiger partial charge in [0.15, 0.2) is 0 Å². The first-order valence-electron chi connectivity index (χ1n) is 12.6. The van der Waals surface area contributed by atoms with Gasteiger partial charge in [-0.3, -0.25) is 14.6 Å². The van der Waals surface area contributed by atoms with Gasteiger partial charge in [0.25, 0.3) is 0 Å². The van der Waals surface area contributed by atoms with Crippen LogP contribution in [0.2, 0.25) is 0 Å². The lowest BCUT2D eigenvalue weighted by Gasteiger charge is -2.40. The molecule has 4 heterocycles.